The van der Waals surface area contributed by atoms with E-state index in [-0.39, 0.29) is 17.1 Å². The first-order chi connectivity index (χ1) is 13.7. The van der Waals surface area contributed by atoms with E-state index in [1.54, 1.807) is 12.4 Å². The van der Waals surface area contributed by atoms with E-state index < -0.39 is 11.6 Å². The molecule has 0 saturated heterocycles. The van der Waals surface area contributed by atoms with Crippen molar-refractivity contribution in [3.63, 3.8) is 0 Å². The Balaban J connectivity index is 1.70. The molecular formula is C24H28NO3S+. The zero-order chi connectivity index (χ0) is 21.2. The van der Waals surface area contributed by atoms with E-state index in [4.69, 9.17) is 9.47 Å². The first-order valence-electron chi connectivity index (χ1n) is 9.63. The number of nitrogens with zero attached hydrogens (tertiary/aromatic N) is 1. The number of thiophene rings is 1. The average Bonchev–Trinajstić information content (AvgIpc) is 3.00. The normalized spacial score (nSPS) is 11.4. The number of aryl methyl sites for hydroxylation is 4. The lowest BCUT2D eigenvalue weighted by Crippen LogP contribution is -2.28. The molecule has 0 saturated carbocycles. The fraction of sp³-hybridized carbons (Fsp3) is 0.333. The maximum Gasteiger partial charge on any atom is 0.345 e. The van der Waals surface area contributed by atoms with Gasteiger partial charge in [0.05, 0.1) is 0 Å². The first kappa shape index (κ1) is 21.1. The van der Waals surface area contributed by atoms with Gasteiger partial charge in [-0.15, -0.1) is 0 Å². The highest BCUT2D eigenvalue weighted by Crippen LogP contribution is 2.38. The number of esters is 1. The molecule has 0 N–H and O–H groups in total. The molecule has 3 aromatic rings. The predicted molar refractivity (Wildman–Crippen MR) is 118 cm³/mol. The van der Waals surface area contributed by atoms with Gasteiger partial charge in [-0.25, -0.2) is 4.79 Å². The number of benzene rings is 1. The Morgan fingerprint density at radius 3 is 2.07 bits per heavy atom. The van der Waals surface area contributed by atoms with Crippen molar-refractivity contribution in [2.24, 2.45) is 0 Å². The highest BCUT2D eigenvalue weighted by molar-refractivity contribution is 7.37. The fourth-order valence-corrected chi connectivity index (χ4v) is 5.37. The number of rotatable bonds is 6. The summed E-state index contributed by atoms with van der Waals surface area (Å²) < 4.78 is 11.5. The monoisotopic (exact) mass is 410 g/mol. The van der Waals surface area contributed by atoms with Crippen LogP contribution in [-0.4, -0.2) is 17.6 Å². The molecule has 0 amide bonds. The van der Waals surface area contributed by atoms with Crippen LogP contribution in [0.25, 0.3) is 4.90 Å². The summed E-state index contributed by atoms with van der Waals surface area (Å²) in [6, 6.07) is 7.99. The van der Waals surface area contributed by atoms with Gasteiger partial charge in [0.2, 0.25) is 0 Å². The number of ether oxygens (including phenoxy) is 2. The van der Waals surface area contributed by atoms with Crippen molar-refractivity contribution in [3.05, 3.63) is 75.2 Å². The largest absolute Gasteiger partial charge is 0.481 e. The van der Waals surface area contributed by atoms with Crippen molar-refractivity contribution in [1.82, 2.24) is 4.98 Å². The fourth-order valence-electron chi connectivity index (χ4n) is 3.27. The molecule has 0 spiro atoms. The van der Waals surface area contributed by atoms with Gasteiger partial charge in [-0.3, -0.25) is 4.98 Å². The number of pyridine rings is 1. The molecule has 0 aliphatic heterocycles. The zero-order valence-electron chi connectivity index (χ0n) is 17.9. The summed E-state index contributed by atoms with van der Waals surface area (Å²) in [7, 11) is -0.00338. The lowest BCUT2D eigenvalue weighted by atomic mass is 9.99. The van der Waals surface area contributed by atoms with E-state index in [9.17, 15) is 4.79 Å². The molecule has 0 unspecified atom stereocenters. The van der Waals surface area contributed by atoms with Gasteiger partial charge in [0.1, 0.15) is 22.1 Å². The molecular weight excluding hydrogens is 382 g/mol. The van der Waals surface area contributed by atoms with Gasteiger partial charge in [0.15, 0.2) is 11.5 Å². The van der Waals surface area contributed by atoms with Gasteiger partial charge in [-0.05, 0) is 70.4 Å². The van der Waals surface area contributed by atoms with Crippen LogP contribution in [0.15, 0.2) is 47.4 Å². The van der Waals surface area contributed by atoms with E-state index in [0.29, 0.717) is 0 Å². The van der Waals surface area contributed by atoms with E-state index in [0.717, 1.165) is 22.4 Å². The van der Waals surface area contributed by atoms with Crippen LogP contribution in [0.3, 0.4) is 0 Å². The van der Waals surface area contributed by atoms with Crippen molar-refractivity contribution in [2.75, 3.05) is 6.61 Å². The summed E-state index contributed by atoms with van der Waals surface area (Å²) in [5.41, 5.74) is 4.87. The second kappa shape index (κ2) is 8.37. The van der Waals surface area contributed by atoms with Gasteiger partial charge in [-0.1, -0.05) is 0 Å². The Morgan fingerprint density at radius 1 is 0.966 bits per heavy atom. The van der Waals surface area contributed by atoms with E-state index in [1.165, 1.54) is 16.0 Å². The van der Waals surface area contributed by atoms with Gasteiger partial charge in [0, 0.05) is 46.1 Å². The van der Waals surface area contributed by atoms with Crippen molar-refractivity contribution >= 4 is 16.4 Å². The average molecular weight is 411 g/mol. The summed E-state index contributed by atoms with van der Waals surface area (Å²) in [5, 5.41) is 4.62. The molecule has 0 fully saturated rings. The smallest absolute Gasteiger partial charge is 0.345 e. The Labute approximate surface area is 175 Å². The van der Waals surface area contributed by atoms with Crippen LogP contribution < -0.4 is 4.74 Å². The molecule has 0 radical (unpaired) electrons. The minimum atomic E-state index is -0.741. The van der Waals surface area contributed by atoms with Crippen molar-refractivity contribution in [2.45, 2.75) is 47.1 Å². The Morgan fingerprint density at radius 2 is 1.52 bits per heavy atom. The molecule has 5 heteroatoms. The SMILES string of the molecule is Cc1c[s+](-c2cc(C)c(OCC(=O)OC(C)(C)c3ccncc3)c(C)c2)cc1C. The lowest BCUT2D eigenvalue weighted by Gasteiger charge is -2.25. The van der Waals surface area contributed by atoms with Crippen molar-refractivity contribution in [3.8, 4) is 10.6 Å². The highest BCUT2D eigenvalue weighted by Gasteiger charge is 2.26. The number of aromatic nitrogens is 1. The van der Waals surface area contributed by atoms with Crippen LogP contribution in [-0.2, 0) is 15.1 Å². The van der Waals surface area contributed by atoms with Crippen molar-refractivity contribution < 1.29 is 14.3 Å². The molecule has 0 aliphatic carbocycles. The molecule has 0 aliphatic rings. The zero-order valence-corrected chi connectivity index (χ0v) is 18.7. The van der Waals surface area contributed by atoms with Crippen LogP contribution in [0.2, 0.25) is 0 Å². The standard InChI is InChI=1S/C24H28NO3S/c1-16-11-21(29-14-18(3)19(4)15-29)12-17(2)23(16)27-13-22(26)28-24(5,6)20-7-9-25-10-8-20/h7-12,14-15H,13H2,1-6H3/q+1. The van der Waals surface area contributed by atoms with Crippen molar-refractivity contribution in [1.29, 1.82) is 0 Å². The lowest BCUT2D eigenvalue weighted by molar-refractivity contribution is -0.159. The quantitative estimate of drug-likeness (QED) is 0.374. The molecule has 2 aromatic heterocycles. The molecule has 0 atom stereocenters. The summed E-state index contributed by atoms with van der Waals surface area (Å²) in [5.74, 6) is 0.348. The van der Waals surface area contributed by atoms with Crippen LogP contribution in [0.1, 0.15) is 41.7 Å². The molecule has 0 bridgehead atoms. The number of carbonyl (C=O) groups is 1. The van der Waals surface area contributed by atoms with Gasteiger partial charge in [-0.2, -0.15) is 0 Å². The summed E-state index contributed by atoms with van der Waals surface area (Å²) in [6.45, 7) is 11.9. The highest BCUT2D eigenvalue weighted by atomic mass is 32.2. The predicted octanol–water partition coefficient (Wildman–Crippen LogP) is 5.91. The second-order valence-corrected chi connectivity index (χ2v) is 9.56. The van der Waals surface area contributed by atoms with Crippen LogP contribution in [0.4, 0.5) is 0 Å². The van der Waals surface area contributed by atoms with Gasteiger partial charge < -0.3 is 9.47 Å². The Kier molecular flexibility index (Phi) is 6.08. The van der Waals surface area contributed by atoms with Crippen LogP contribution >= 0.6 is 10.5 Å². The summed E-state index contributed by atoms with van der Waals surface area (Å²) in [4.78, 5) is 17.7. The van der Waals surface area contributed by atoms with Gasteiger partial charge >= 0.3 is 5.97 Å². The molecule has 1 aromatic carbocycles. The molecule has 29 heavy (non-hydrogen) atoms. The number of carbonyl (C=O) groups excluding carboxylic acids is 1. The maximum absolute atomic E-state index is 12.4. The third-order valence-corrected chi connectivity index (χ3v) is 7.01. The van der Waals surface area contributed by atoms with Gasteiger partial charge in [0.25, 0.3) is 0 Å². The van der Waals surface area contributed by atoms with E-state index in [2.05, 4.69) is 41.7 Å². The Hall–Kier alpha value is -2.66. The minimum Gasteiger partial charge on any atom is -0.481 e. The number of hydrogen-bond acceptors (Lipinski definition) is 4. The van der Waals surface area contributed by atoms with Crippen LogP contribution in [0, 0.1) is 27.7 Å². The summed E-state index contributed by atoms with van der Waals surface area (Å²) in [6.07, 6.45) is 3.38. The molecule has 3 rings (SSSR count). The topological polar surface area (TPSA) is 48.4 Å². The molecule has 152 valence electrons. The second-order valence-electron chi connectivity index (χ2n) is 7.87. The molecule has 4 nitrogen and oxygen atoms in total. The number of hydrogen-bond donors (Lipinski definition) is 0. The Bertz CT molecular complexity index is 979. The van der Waals surface area contributed by atoms with Crippen LogP contribution in [0.5, 0.6) is 5.75 Å². The maximum atomic E-state index is 12.4. The summed E-state index contributed by atoms with van der Waals surface area (Å²) >= 11 is 0. The third kappa shape index (κ3) is 4.85. The first-order valence-corrected chi connectivity index (χ1v) is 11.0. The minimum absolute atomic E-state index is 0.00338. The van der Waals surface area contributed by atoms with E-state index in [1.807, 2.05) is 39.8 Å². The van der Waals surface area contributed by atoms with E-state index >= 15 is 0 Å². The molecule has 2 heterocycles. The third-order valence-electron chi connectivity index (χ3n) is 5.01.